The molecule has 129 heavy (non-hydrogen) atoms. The van der Waals surface area contributed by atoms with Crippen molar-refractivity contribution in [3.63, 3.8) is 0 Å². The number of nitrogen functional groups attached to an aromatic ring is 1. The van der Waals surface area contributed by atoms with Gasteiger partial charge in [-0.1, -0.05) is 173 Å². The summed E-state index contributed by atoms with van der Waals surface area (Å²) in [7, 11) is 1.06. The summed E-state index contributed by atoms with van der Waals surface area (Å²) in [5.41, 5.74) is 21.7. The summed E-state index contributed by atoms with van der Waals surface area (Å²) in [5, 5.41) is 19.0. The van der Waals surface area contributed by atoms with Gasteiger partial charge in [0.25, 0.3) is 5.91 Å². The number of aromatic nitrogens is 5. The van der Waals surface area contributed by atoms with Gasteiger partial charge in [0.2, 0.25) is 23.6 Å². The number of para-hydroxylation sites is 6. The Bertz CT molecular complexity index is 6260. The Morgan fingerprint density at radius 3 is 1.31 bits per heavy atom. The third-order valence-corrected chi connectivity index (χ3v) is 35.8. The van der Waals surface area contributed by atoms with E-state index in [1.807, 2.05) is 151 Å². The Labute approximate surface area is 791 Å². The zero-order valence-corrected chi connectivity index (χ0v) is 83.3. The molecule has 0 unspecified atom stereocenters. The monoisotopic (exact) mass is 2000 g/mol. The first-order chi connectivity index (χ1) is 61.6. The quantitative estimate of drug-likeness (QED) is 0.0135. The first-order valence-electron chi connectivity index (χ1n) is 43.6. The molecule has 0 aliphatic heterocycles. The second-order valence-corrected chi connectivity index (χ2v) is 49.2. The average molecular weight is 2010 g/mol. The molecule has 22 nitrogen and oxygen atoms in total. The molecule has 12 aromatic rings. The topological polar surface area (TPSA) is 261 Å². The van der Waals surface area contributed by atoms with Crippen LogP contribution in [0.5, 0.6) is 17.2 Å². The number of halogens is 5. The summed E-state index contributed by atoms with van der Waals surface area (Å²) in [5.74, 6) is 2.60. The predicted molar refractivity (Wildman–Crippen MR) is 539 cm³/mol. The number of nitrogens with one attached hydrogen (secondary N) is 5. The van der Waals surface area contributed by atoms with Crippen LogP contribution in [0.15, 0.2) is 202 Å². The molecule has 0 bridgehead atoms. The van der Waals surface area contributed by atoms with Gasteiger partial charge < -0.3 is 74.0 Å². The molecule has 6 aliphatic carbocycles. The molecular formula is C100H111Br3Cl2N12O10Si2. The van der Waals surface area contributed by atoms with E-state index in [0.717, 1.165) is 167 Å². The van der Waals surface area contributed by atoms with Gasteiger partial charge >= 0.3 is 0 Å². The minimum atomic E-state index is -2.12. The maximum absolute atomic E-state index is 14.2. The van der Waals surface area contributed by atoms with Gasteiger partial charge in [-0.15, -0.1) is 0 Å². The minimum absolute atomic E-state index is 0.00147. The molecule has 0 saturated heterocycles. The number of benzene rings is 8. The largest absolute Gasteiger partial charge is 0.495 e. The van der Waals surface area contributed by atoms with Gasteiger partial charge in [0, 0.05) is 108 Å². The van der Waals surface area contributed by atoms with Crippen LogP contribution in [0.1, 0.15) is 126 Å². The smallest absolute Gasteiger partial charge is 0.264 e. The SMILES string of the molecule is COc1ccccc1-n1ccc2cc(Br)cc(NC(=O)C3CC3)c21.COc1ccccc1-n1ccc2cc(N(CCO[Si](C)(C)C(C)(C)C)C(=O)c3c(Cl)ncnc3Cl)cc(NC(=O)C3CC3)c21.COc1ccccc1-n1ccc2cc(NCCO[Si](C)(C)C(C)(C)C)cc(NC(=O)C3CC3)c21.Nc1cc(Br)cc2c1CC=C2.O=C(Nc1cc(Br)cc2c1CC=C2)C1CC1. The van der Waals surface area contributed by atoms with E-state index in [1.54, 1.807) is 26.2 Å². The standard InChI is InChI=1S/C32H37Cl2N5O4Si.C27H37N3O3Si.C19H17BrN2O2.C13H12BrNO.C9H8BrN/c1-32(2,3)44(5,6)43-16-15-38(31(41)26-28(33)35-19-36-29(26)34)22-17-21-13-14-39(24-9-7-8-10-25(24)42-4)27(21)23(18-22)37-30(40)20-11-12-20;1-27(2,3)34(5,6)33-16-14-28-21-17-20-13-15-30(23-9-7-8-10-24(23)32-4)25(20)22(18-21)29-26(31)19-11-12-19;1-24-17-5-3-2-4-16(17)22-9-8-13-10-14(20)11-15(18(13)22)21-19(23)12-6-7-12;14-10-6-9-2-1-3-11(9)12(7-10)15-13(16)8-4-5-8;10-7-4-6-2-1-3-8(6)9(11)5-7/h7-10,13-14,17-20H,11-12,15-16H2,1-6H3,(H,37,40);7-10,13,15,17-19,28H,11-12,14,16H2,1-6H3,(H,29,31);2-5,8-12H,6-7H2,1H3,(H,21,23);1-2,6-8H,3-5H2,(H,15,16);1-2,4-5H,3,11H2. The number of nitrogens with two attached hydrogens (primary N) is 1. The maximum atomic E-state index is 14.2. The van der Waals surface area contributed by atoms with E-state index in [4.69, 9.17) is 52.0 Å². The van der Waals surface area contributed by atoms with E-state index in [0.29, 0.717) is 30.3 Å². The number of carbonyl (C=O) groups excluding carboxylic acids is 5. The van der Waals surface area contributed by atoms with Crippen LogP contribution in [0.25, 0.3) is 61.9 Å². The van der Waals surface area contributed by atoms with E-state index in [1.165, 1.54) is 28.6 Å². The van der Waals surface area contributed by atoms with Crippen LogP contribution < -0.4 is 51.4 Å². The number of hydrogen-bond donors (Lipinski definition) is 6. The molecule has 8 aromatic carbocycles. The number of allylic oxidation sites excluding steroid dienone is 2. The molecule has 0 spiro atoms. The number of nitrogens with zero attached hydrogens (tertiary/aromatic N) is 6. The van der Waals surface area contributed by atoms with Crippen molar-refractivity contribution in [2.45, 2.75) is 142 Å². The molecule has 4 fully saturated rings. The Morgan fingerprint density at radius 1 is 0.481 bits per heavy atom. The summed E-state index contributed by atoms with van der Waals surface area (Å²) < 4.78 is 38.6. The lowest BCUT2D eigenvalue weighted by atomic mass is 10.1. The van der Waals surface area contributed by atoms with Crippen LogP contribution in [0.2, 0.25) is 46.6 Å². The maximum Gasteiger partial charge on any atom is 0.264 e. The molecular weight excluding hydrogens is 1900 g/mol. The predicted octanol–water partition coefficient (Wildman–Crippen LogP) is 24.9. The fourth-order valence-electron chi connectivity index (χ4n) is 14.9. The van der Waals surface area contributed by atoms with Crippen LogP contribution in [0.4, 0.5) is 39.8 Å². The van der Waals surface area contributed by atoms with E-state index in [2.05, 4.69) is 210 Å². The molecule has 4 aromatic heterocycles. The van der Waals surface area contributed by atoms with Crippen LogP contribution in [-0.2, 0) is 40.9 Å². The molecule has 4 heterocycles. The van der Waals surface area contributed by atoms with Crippen molar-refractivity contribution in [3.05, 3.63) is 240 Å². The van der Waals surface area contributed by atoms with Crippen LogP contribution in [-0.4, -0.2) is 117 Å². The average Bonchev–Trinajstić information content (AvgIpc) is 1.67. The number of hydrogen-bond acceptors (Lipinski definition) is 14. The molecule has 18 rings (SSSR count). The molecule has 4 saturated carbocycles. The minimum Gasteiger partial charge on any atom is -0.495 e. The first-order valence-corrected chi connectivity index (χ1v) is 52.5. The zero-order valence-electron chi connectivity index (χ0n) is 75.0. The molecule has 674 valence electrons. The number of carbonyl (C=O) groups is 5. The van der Waals surface area contributed by atoms with Crippen molar-refractivity contribution in [2.24, 2.45) is 23.7 Å². The first kappa shape index (κ1) is 94.8. The third kappa shape index (κ3) is 22.8. The molecule has 29 heteroatoms. The Balaban J connectivity index is 0.000000139. The van der Waals surface area contributed by atoms with Crippen molar-refractivity contribution in [2.75, 3.05) is 84.9 Å². The highest BCUT2D eigenvalue weighted by molar-refractivity contribution is 9.11. The summed E-state index contributed by atoms with van der Waals surface area (Å²) in [6.45, 7) is 24.0. The fourth-order valence-corrected chi connectivity index (χ4v) is 18.9. The van der Waals surface area contributed by atoms with E-state index in [-0.39, 0.29) is 86.4 Å². The van der Waals surface area contributed by atoms with Crippen LogP contribution in [0, 0.1) is 23.7 Å². The van der Waals surface area contributed by atoms with Crippen LogP contribution >= 0.6 is 71.0 Å². The summed E-state index contributed by atoms with van der Waals surface area (Å²) in [6.07, 6.45) is 25.2. The highest BCUT2D eigenvalue weighted by Gasteiger charge is 2.40. The van der Waals surface area contributed by atoms with Crippen molar-refractivity contribution in [3.8, 4) is 34.3 Å². The number of amides is 5. The normalized spacial score (nSPS) is 14.3. The summed E-state index contributed by atoms with van der Waals surface area (Å²) in [4.78, 5) is 73.6. The molecule has 7 N–H and O–H groups in total. The number of ether oxygens (including phenoxy) is 3. The highest BCUT2D eigenvalue weighted by atomic mass is 79.9. The number of rotatable bonds is 25. The van der Waals surface area contributed by atoms with Gasteiger partial charge in [0.05, 0.1) is 85.2 Å². The molecule has 6 aliphatic rings. The van der Waals surface area contributed by atoms with Gasteiger partial charge in [-0.25, -0.2) is 9.97 Å². The highest BCUT2D eigenvalue weighted by Crippen LogP contribution is 2.45. The van der Waals surface area contributed by atoms with Crippen molar-refractivity contribution < 1.29 is 47.0 Å². The van der Waals surface area contributed by atoms with E-state index >= 15 is 0 Å². The lowest BCUT2D eigenvalue weighted by molar-refractivity contribution is -0.118. The number of anilines is 7. The number of fused-ring (bicyclic) bond motifs is 5. The molecule has 0 atom stereocenters. The van der Waals surface area contributed by atoms with Gasteiger partial charge in [-0.05, 0) is 238 Å². The molecule has 5 amide bonds. The second-order valence-electron chi connectivity index (χ2n) is 36.1. The van der Waals surface area contributed by atoms with Crippen molar-refractivity contribution >= 4 is 202 Å². The Kier molecular flexibility index (Phi) is 29.8. The summed E-state index contributed by atoms with van der Waals surface area (Å²) >= 11 is 23.2. The van der Waals surface area contributed by atoms with Gasteiger partial charge in [0.15, 0.2) is 16.6 Å². The van der Waals surface area contributed by atoms with Gasteiger partial charge in [0.1, 0.15) is 39.4 Å². The number of methoxy groups -OCH3 is 3. The van der Waals surface area contributed by atoms with Gasteiger partial charge in [-0.3, -0.25) is 24.0 Å². The van der Waals surface area contributed by atoms with E-state index < -0.39 is 22.5 Å². The molecule has 0 radical (unpaired) electrons. The zero-order chi connectivity index (χ0) is 92.0. The Morgan fingerprint density at radius 2 is 0.860 bits per heavy atom. The fraction of sp³-hybridized carbons (Fsp3) is 0.330. The Hall–Kier alpha value is -10.3. The second kappa shape index (κ2) is 40.6. The lowest BCUT2D eigenvalue weighted by Crippen LogP contribution is -2.43. The summed E-state index contributed by atoms with van der Waals surface area (Å²) in [6, 6.07) is 49.5. The third-order valence-electron chi connectivity index (χ3n) is 24.7. The van der Waals surface area contributed by atoms with E-state index in [9.17, 15) is 24.0 Å². The lowest BCUT2D eigenvalue weighted by Gasteiger charge is -2.37. The van der Waals surface area contributed by atoms with Crippen molar-refractivity contribution in [1.82, 2.24) is 23.7 Å². The van der Waals surface area contributed by atoms with Crippen molar-refractivity contribution in [1.29, 1.82) is 0 Å². The van der Waals surface area contributed by atoms with Crippen LogP contribution in [0.3, 0.4) is 0 Å². The van der Waals surface area contributed by atoms with Gasteiger partial charge in [-0.2, -0.15) is 0 Å².